The number of piperidine rings is 1. The number of para-hydroxylation sites is 1. The number of fused-ring (bicyclic) bond motifs is 1. The van der Waals surface area contributed by atoms with Crippen molar-refractivity contribution in [2.75, 3.05) is 37.7 Å². The average Bonchev–Trinajstić information content (AvgIpc) is 2.59. The molecule has 0 spiro atoms. The maximum atomic E-state index is 12.2. The molecule has 1 amide bonds. The molecule has 2 heterocycles. The van der Waals surface area contributed by atoms with E-state index in [-0.39, 0.29) is 5.91 Å². The van der Waals surface area contributed by atoms with Gasteiger partial charge in [-0.1, -0.05) is 18.2 Å². The summed E-state index contributed by atoms with van der Waals surface area (Å²) < 4.78 is 0. The van der Waals surface area contributed by atoms with Crippen molar-refractivity contribution >= 4 is 11.6 Å². The third-order valence-electron chi connectivity index (χ3n) is 5.29. The van der Waals surface area contributed by atoms with Crippen LogP contribution in [0.5, 0.6) is 0 Å². The van der Waals surface area contributed by atoms with Crippen LogP contribution in [0.1, 0.15) is 37.7 Å². The molecule has 0 aliphatic carbocycles. The molecule has 2 aliphatic rings. The molecule has 1 aromatic carbocycles. The fraction of sp³-hybridized carbons (Fsp3) is 0.632. The summed E-state index contributed by atoms with van der Waals surface area (Å²) in [5, 5.41) is 9.02. The number of rotatable bonds is 6. The number of benzene rings is 1. The minimum absolute atomic E-state index is 0.269. The summed E-state index contributed by atoms with van der Waals surface area (Å²) >= 11 is 0. The standard InChI is InChI=1S/C19H28N2O2/c22-15-10-16-8-13-20(14-9-16)11-3-12-21-18-5-2-1-4-17(18)6-7-19(21)23/h1-2,4-5,16,22H,3,6-15H2. The van der Waals surface area contributed by atoms with Crippen LogP contribution in [-0.4, -0.2) is 48.7 Å². The Kier molecular flexibility index (Phi) is 5.68. The SMILES string of the molecule is O=C1CCc2ccccc2N1CCCN1CCC(CCO)CC1. The van der Waals surface area contributed by atoms with Crippen LogP contribution < -0.4 is 4.90 Å². The Hall–Kier alpha value is -1.39. The molecule has 4 heteroatoms. The Morgan fingerprint density at radius 1 is 1.09 bits per heavy atom. The van der Waals surface area contributed by atoms with Gasteiger partial charge in [-0.15, -0.1) is 0 Å². The van der Waals surface area contributed by atoms with Crippen LogP contribution >= 0.6 is 0 Å². The molecule has 1 aromatic rings. The van der Waals surface area contributed by atoms with Crippen molar-refractivity contribution in [2.45, 2.75) is 38.5 Å². The summed E-state index contributed by atoms with van der Waals surface area (Å²) in [4.78, 5) is 16.7. The van der Waals surface area contributed by atoms with E-state index in [1.54, 1.807) is 0 Å². The van der Waals surface area contributed by atoms with Crippen LogP contribution in [0.3, 0.4) is 0 Å². The van der Waals surface area contributed by atoms with Crippen molar-refractivity contribution in [1.82, 2.24) is 4.90 Å². The predicted molar refractivity (Wildman–Crippen MR) is 92.6 cm³/mol. The molecule has 1 N–H and O–H groups in total. The number of aliphatic hydroxyl groups excluding tert-OH is 1. The van der Waals surface area contributed by atoms with Gasteiger partial charge in [-0.05, 0) is 69.3 Å². The predicted octanol–water partition coefficient (Wildman–Crippen LogP) is 2.45. The highest BCUT2D eigenvalue weighted by Crippen LogP contribution is 2.27. The van der Waals surface area contributed by atoms with Gasteiger partial charge in [-0.25, -0.2) is 0 Å². The number of anilines is 1. The van der Waals surface area contributed by atoms with Crippen LogP contribution in [0, 0.1) is 5.92 Å². The minimum Gasteiger partial charge on any atom is -0.396 e. The number of aliphatic hydroxyl groups is 1. The van der Waals surface area contributed by atoms with Gasteiger partial charge in [0.05, 0.1) is 0 Å². The molecule has 0 aromatic heterocycles. The lowest BCUT2D eigenvalue weighted by atomic mass is 9.94. The first kappa shape index (κ1) is 16.5. The van der Waals surface area contributed by atoms with Gasteiger partial charge in [0, 0.05) is 25.3 Å². The Morgan fingerprint density at radius 2 is 1.87 bits per heavy atom. The van der Waals surface area contributed by atoms with Gasteiger partial charge in [0.15, 0.2) is 0 Å². The summed E-state index contributed by atoms with van der Waals surface area (Å²) in [6.45, 7) is 4.48. The first-order valence-electron chi connectivity index (χ1n) is 8.99. The maximum absolute atomic E-state index is 12.2. The quantitative estimate of drug-likeness (QED) is 0.877. The van der Waals surface area contributed by atoms with E-state index in [1.807, 2.05) is 11.0 Å². The molecule has 0 radical (unpaired) electrons. The number of amides is 1. The molecule has 1 saturated heterocycles. The third kappa shape index (κ3) is 4.12. The molecule has 2 aliphatic heterocycles. The zero-order valence-corrected chi connectivity index (χ0v) is 13.9. The molecule has 1 fully saturated rings. The van der Waals surface area contributed by atoms with Crippen molar-refractivity contribution in [3.63, 3.8) is 0 Å². The second-order valence-electron chi connectivity index (χ2n) is 6.82. The monoisotopic (exact) mass is 316 g/mol. The second-order valence-corrected chi connectivity index (χ2v) is 6.82. The Bertz CT molecular complexity index is 524. The van der Waals surface area contributed by atoms with Gasteiger partial charge in [0.1, 0.15) is 0 Å². The molecule has 0 saturated carbocycles. The highest BCUT2D eigenvalue weighted by molar-refractivity contribution is 5.96. The zero-order chi connectivity index (χ0) is 16.1. The van der Waals surface area contributed by atoms with E-state index in [4.69, 9.17) is 5.11 Å². The summed E-state index contributed by atoms with van der Waals surface area (Å²) in [6, 6.07) is 8.30. The smallest absolute Gasteiger partial charge is 0.227 e. The zero-order valence-electron chi connectivity index (χ0n) is 13.9. The Labute approximate surface area is 139 Å². The van der Waals surface area contributed by atoms with Gasteiger partial charge in [0.25, 0.3) is 0 Å². The van der Waals surface area contributed by atoms with E-state index in [0.29, 0.717) is 18.9 Å². The first-order chi connectivity index (χ1) is 11.3. The molecule has 126 valence electrons. The fourth-order valence-electron chi connectivity index (χ4n) is 3.88. The topological polar surface area (TPSA) is 43.8 Å². The highest BCUT2D eigenvalue weighted by atomic mass is 16.3. The lowest BCUT2D eigenvalue weighted by Crippen LogP contribution is -2.39. The molecule has 0 bridgehead atoms. The van der Waals surface area contributed by atoms with Crippen LogP contribution in [0.2, 0.25) is 0 Å². The van der Waals surface area contributed by atoms with E-state index in [0.717, 1.165) is 51.1 Å². The number of carbonyl (C=O) groups excluding carboxylic acids is 1. The van der Waals surface area contributed by atoms with Crippen LogP contribution in [-0.2, 0) is 11.2 Å². The number of likely N-dealkylation sites (tertiary alicyclic amines) is 1. The maximum Gasteiger partial charge on any atom is 0.227 e. The normalized spacial score (nSPS) is 19.9. The van der Waals surface area contributed by atoms with Gasteiger partial charge < -0.3 is 14.9 Å². The fourth-order valence-corrected chi connectivity index (χ4v) is 3.88. The average molecular weight is 316 g/mol. The van der Waals surface area contributed by atoms with Crippen molar-refractivity contribution < 1.29 is 9.90 Å². The number of nitrogens with zero attached hydrogens (tertiary/aromatic N) is 2. The largest absolute Gasteiger partial charge is 0.396 e. The number of hydrogen-bond donors (Lipinski definition) is 1. The molecule has 0 atom stereocenters. The van der Waals surface area contributed by atoms with Crippen molar-refractivity contribution in [2.24, 2.45) is 5.92 Å². The molecular formula is C19H28N2O2. The van der Waals surface area contributed by atoms with E-state index in [9.17, 15) is 4.79 Å². The van der Waals surface area contributed by atoms with Gasteiger partial charge in [0.2, 0.25) is 5.91 Å². The number of hydrogen-bond acceptors (Lipinski definition) is 3. The van der Waals surface area contributed by atoms with Gasteiger partial charge >= 0.3 is 0 Å². The van der Waals surface area contributed by atoms with Gasteiger partial charge in [-0.2, -0.15) is 0 Å². The summed E-state index contributed by atoms with van der Waals surface area (Å²) in [5.41, 5.74) is 2.42. The van der Waals surface area contributed by atoms with Crippen molar-refractivity contribution in [1.29, 1.82) is 0 Å². The molecule has 3 rings (SSSR count). The van der Waals surface area contributed by atoms with Crippen LogP contribution in [0.25, 0.3) is 0 Å². The minimum atomic E-state index is 0.269. The summed E-state index contributed by atoms with van der Waals surface area (Å²) in [6.07, 6.45) is 5.91. The van der Waals surface area contributed by atoms with E-state index in [2.05, 4.69) is 23.1 Å². The summed E-state index contributed by atoms with van der Waals surface area (Å²) in [7, 11) is 0. The lowest BCUT2D eigenvalue weighted by Gasteiger charge is -2.33. The Balaban J connectivity index is 1.47. The number of aryl methyl sites for hydroxylation is 1. The third-order valence-corrected chi connectivity index (χ3v) is 5.29. The van der Waals surface area contributed by atoms with E-state index in [1.165, 1.54) is 18.4 Å². The molecule has 0 unspecified atom stereocenters. The second kappa shape index (κ2) is 7.93. The molecular weight excluding hydrogens is 288 g/mol. The summed E-state index contributed by atoms with van der Waals surface area (Å²) in [5.74, 6) is 0.970. The number of carbonyl (C=O) groups is 1. The van der Waals surface area contributed by atoms with E-state index < -0.39 is 0 Å². The van der Waals surface area contributed by atoms with Gasteiger partial charge in [-0.3, -0.25) is 4.79 Å². The van der Waals surface area contributed by atoms with E-state index >= 15 is 0 Å². The van der Waals surface area contributed by atoms with Crippen LogP contribution in [0.4, 0.5) is 5.69 Å². The molecule has 23 heavy (non-hydrogen) atoms. The van der Waals surface area contributed by atoms with Crippen molar-refractivity contribution in [3.05, 3.63) is 29.8 Å². The molecule has 4 nitrogen and oxygen atoms in total. The lowest BCUT2D eigenvalue weighted by molar-refractivity contribution is -0.118. The Morgan fingerprint density at radius 3 is 2.65 bits per heavy atom. The highest BCUT2D eigenvalue weighted by Gasteiger charge is 2.24. The van der Waals surface area contributed by atoms with Crippen molar-refractivity contribution in [3.8, 4) is 0 Å². The van der Waals surface area contributed by atoms with Crippen LogP contribution in [0.15, 0.2) is 24.3 Å². The first-order valence-corrected chi connectivity index (χ1v) is 8.99.